The number of nitrogens with zero attached hydrogens (tertiary/aromatic N) is 3. The molecule has 0 saturated carbocycles. The lowest BCUT2D eigenvalue weighted by atomic mass is 9.93. The van der Waals surface area contributed by atoms with Crippen molar-refractivity contribution in [2.24, 2.45) is 7.05 Å². The zero-order valence-electron chi connectivity index (χ0n) is 17.2. The zero-order valence-corrected chi connectivity index (χ0v) is 17.2. The second kappa shape index (κ2) is 8.32. The fourth-order valence-corrected chi connectivity index (χ4v) is 3.49. The first-order valence-corrected chi connectivity index (χ1v) is 9.69. The molecule has 0 aliphatic carbocycles. The Morgan fingerprint density at radius 1 is 1.32 bits per heavy atom. The third-order valence-electron chi connectivity index (χ3n) is 5.50. The summed E-state index contributed by atoms with van der Waals surface area (Å²) in [6.45, 7) is 7.66. The first kappa shape index (κ1) is 20.4. The molecule has 1 atom stereocenters. The number of ether oxygens (including phenoxy) is 1. The number of nitrogens with one attached hydrogen (secondary N) is 1. The number of carbonyl (C=O) groups is 1. The van der Waals surface area contributed by atoms with E-state index in [9.17, 15) is 9.90 Å². The van der Waals surface area contributed by atoms with Crippen LogP contribution in [0.4, 0.5) is 5.69 Å². The van der Waals surface area contributed by atoms with Gasteiger partial charge < -0.3 is 15.2 Å². The van der Waals surface area contributed by atoms with Gasteiger partial charge in [0.05, 0.1) is 24.1 Å². The van der Waals surface area contributed by atoms with Gasteiger partial charge in [-0.3, -0.25) is 14.4 Å². The van der Waals surface area contributed by atoms with Crippen molar-refractivity contribution < 1.29 is 14.6 Å². The molecule has 152 valence electrons. The quantitative estimate of drug-likeness (QED) is 0.796. The van der Waals surface area contributed by atoms with Crippen LogP contribution in [-0.4, -0.2) is 57.5 Å². The number of benzene rings is 1. The highest BCUT2D eigenvalue weighted by atomic mass is 16.5. The number of aliphatic hydroxyl groups is 1. The average Bonchev–Trinajstić information content (AvgIpc) is 2.95. The summed E-state index contributed by atoms with van der Waals surface area (Å²) in [6.07, 6.45) is 3.14. The standard InChI is InChI=1S/C21H30N4O3/c1-15-6-7-18(10-16(15)2)28-14-21(27)8-5-9-25(13-21)12-20(26)23-19-11-22-24(4)17(19)3/h6-7,10-11,27H,5,8-9,12-14H2,1-4H3,(H,23,26). The number of aromatic nitrogens is 2. The number of hydrogen-bond donors (Lipinski definition) is 2. The Morgan fingerprint density at radius 3 is 2.79 bits per heavy atom. The van der Waals surface area contributed by atoms with Gasteiger partial charge in [0.2, 0.25) is 5.91 Å². The van der Waals surface area contributed by atoms with E-state index in [1.807, 2.05) is 44.0 Å². The van der Waals surface area contributed by atoms with Gasteiger partial charge in [-0.15, -0.1) is 0 Å². The van der Waals surface area contributed by atoms with Crippen LogP contribution in [0.5, 0.6) is 5.75 Å². The van der Waals surface area contributed by atoms with Gasteiger partial charge in [-0.05, 0) is 63.4 Å². The second-order valence-electron chi connectivity index (χ2n) is 7.89. The van der Waals surface area contributed by atoms with Crippen LogP contribution in [0, 0.1) is 20.8 Å². The lowest BCUT2D eigenvalue weighted by Gasteiger charge is -2.38. The highest BCUT2D eigenvalue weighted by Gasteiger charge is 2.34. The zero-order chi connectivity index (χ0) is 20.3. The van der Waals surface area contributed by atoms with Gasteiger partial charge in [-0.2, -0.15) is 5.10 Å². The molecule has 1 aliphatic heterocycles. The van der Waals surface area contributed by atoms with Gasteiger partial charge in [-0.1, -0.05) is 6.07 Å². The maximum Gasteiger partial charge on any atom is 0.238 e. The molecule has 3 rings (SSSR count). The number of aryl methyl sites for hydroxylation is 3. The number of anilines is 1. The normalized spacial score (nSPS) is 20.2. The number of rotatable bonds is 6. The van der Waals surface area contributed by atoms with Crippen LogP contribution in [0.3, 0.4) is 0 Å². The molecule has 1 aliphatic rings. The van der Waals surface area contributed by atoms with Crippen molar-refractivity contribution in [2.45, 2.75) is 39.2 Å². The Hall–Kier alpha value is -2.38. The SMILES string of the molecule is Cc1ccc(OCC2(O)CCCN(CC(=O)Nc3cnn(C)c3C)C2)cc1C. The summed E-state index contributed by atoms with van der Waals surface area (Å²) < 4.78 is 7.59. The summed E-state index contributed by atoms with van der Waals surface area (Å²) in [7, 11) is 1.84. The number of carbonyl (C=O) groups excluding carboxylic acids is 1. The molecule has 2 heterocycles. The average molecular weight is 386 g/mol. The van der Waals surface area contributed by atoms with Crippen LogP contribution >= 0.6 is 0 Å². The molecule has 1 aromatic carbocycles. The van der Waals surface area contributed by atoms with Crippen molar-refractivity contribution >= 4 is 11.6 Å². The van der Waals surface area contributed by atoms with Gasteiger partial charge in [0.25, 0.3) is 0 Å². The Labute approximate surface area is 166 Å². The molecule has 0 radical (unpaired) electrons. The number of amides is 1. The van der Waals surface area contributed by atoms with E-state index in [1.54, 1.807) is 10.9 Å². The van der Waals surface area contributed by atoms with Crippen molar-refractivity contribution in [1.29, 1.82) is 0 Å². The van der Waals surface area contributed by atoms with E-state index in [2.05, 4.69) is 17.3 Å². The highest BCUT2D eigenvalue weighted by Crippen LogP contribution is 2.24. The molecule has 1 saturated heterocycles. The molecule has 1 amide bonds. The predicted molar refractivity (Wildman–Crippen MR) is 109 cm³/mol. The third kappa shape index (κ3) is 4.91. The Morgan fingerprint density at radius 2 is 2.11 bits per heavy atom. The third-order valence-corrected chi connectivity index (χ3v) is 5.50. The summed E-state index contributed by atoms with van der Waals surface area (Å²) in [5, 5.41) is 18.0. The van der Waals surface area contributed by atoms with Gasteiger partial charge in [0.15, 0.2) is 0 Å². The minimum Gasteiger partial charge on any atom is -0.491 e. The fourth-order valence-electron chi connectivity index (χ4n) is 3.49. The molecular weight excluding hydrogens is 356 g/mol. The molecule has 2 aromatic rings. The Bertz CT molecular complexity index is 848. The largest absolute Gasteiger partial charge is 0.491 e. The summed E-state index contributed by atoms with van der Waals surface area (Å²) in [6, 6.07) is 5.94. The van der Waals surface area contributed by atoms with Crippen LogP contribution in [-0.2, 0) is 11.8 Å². The Kier molecular flexibility index (Phi) is 6.05. The van der Waals surface area contributed by atoms with E-state index >= 15 is 0 Å². The van der Waals surface area contributed by atoms with Crippen LogP contribution in [0.1, 0.15) is 29.7 Å². The summed E-state index contributed by atoms with van der Waals surface area (Å²) in [5.74, 6) is 0.661. The number of β-amino-alcohol motifs (C(OH)–C–C–N with tert-alkyl or cyclic N) is 1. The van der Waals surface area contributed by atoms with Crippen molar-refractivity contribution in [3.8, 4) is 5.75 Å². The summed E-state index contributed by atoms with van der Waals surface area (Å²) in [4.78, 5) is 14.4. The predicted octanol–water partition coefficient (Wildman–Crippen LogP) is 2.19. The van der Waals surface area contributed by atoms with Crippen molar-refractivity contribution in [1.82, 2.24) is 14.7 Å². The maximum atomic E-state index is 12.4. The minimum absolute atomic E-state index is 0.101. The number of piperidine rings is 1. The van der Waals surface area contributed by atoms with Crippen LogP contribution in [0.2, 0.25) is 0 Å². The molecule has 0 bridgehead atoms. The van der Waals surface area contributed by atoms with Gasteiger partial charge in [0, 0.05) is 13.6 Å². The summed E-state index contributed by atoms with van der Waals surface area (Å²) in [5.41, 5.74) is 3.05. The highest BCUT2D eigenvalue weighted by molar-refractivity contribution is 5.92. The van der Waals surface area contributed by atoms with Crippen LogP contribution in [0.15, 0.2) is 24.4 Å². The molecule has 1 aromatic heterocycles. The first-order valence-electron chi connectivity index (χ1n) is 9.69. The van der Waals surface area contributed by atoms with Crippen LogP contribution < -0.4 is 10.1 Å². The molecule has 28 heavy (non-hydrogen) atoms. The lowest BCUT2D eigenvalue weighted by molar-refractivity contribution is -0.119. The smallest absolute Gasteiger partial charge is 0.238 e. The number of hydrogen-bond acceptors (Lipinski definition) is 5. The van der Waals surface area contributed by atoms with Crippen molar-refractivity contribution in [3.63, 3.8) is 0 Å². The molecule has 2 N–H and O–H groups in total. The van der Waals surface area contributed by atoms with E-state index in [0.717, 1.165) is 35.7 Å². The topological polar surface area (TPSA) is 79.6 Å². The van der Waals surface area contributed by atoms with Gasteiger partial charge in [-0.25, -0.2) is 0 Å². The lowest BCUT2D eigenvalue weighted by Crippen LogP contribution is -2.53. The number of likely N-dealkylation sites (tertiary alicyclic amines) is 1. The maximum absolute atomic E-state index is 12.4. The van der Waals surface area contributed by atoms with Crippen molar-refractivity contribution in [3.05, 3.63) is 41.2 Å². The molecule has 7 heteroatoms. The molecule has 1 unspecified atom stereocenters. The van der Waals surface area contributed by atoms with Gasteiger partial charge in [0.1, 0.15) is 18.0 Å². The van der Waals surface area contributed by atoms with E-state index < -0.39 is 5.60 Å². The second-order valence-corrected chi connectivity index (χ2v) is 7.89. The van der Waals surface area contributed by atoms with E-state index in [4.69, 9.17) is 4.74 Å². The van der Waals surface area contributed by atoms with Crippen molar-refractivity contribution in [2.75, 3.05) is 31.6 Å². The molecule has 1 fully saturated rings. The molecule has 0 spiro atoms. The molecular formula is C21H30N4O3. The minimum atomic E-state index is -0.957. The molecule has 7 nitrogen and oxygen atoms in total. The monoisotopic (exact) mass is 386 g/mol. The Balaban J connectivity index is 1.54. The van der Waals surface area contributed by atoms with E-state index in [-0.39, 0.29) is 19.1 Å². The summed E-state index contributed by atoms with van der Waals surface area (Å²) >= 11 is 0. The van der Waals surface area contributed by atoms with E-state index in [0.29, 0.717) is 13.0 Å². The first-order chi connectivity index (χ1) is 13.3. The van der Waals surface area contributed by atoms with E-state index in [1.165, 1.54) is 5.56 Å². The van der Waals surface area contributed by atoms with Gasteiger partial charge >= 0.3 is 0 Å². The fraction of sp³-hybridized carbons (Fsp3) is 0.524. The van der Waals surface area contributed by atoms with Crippen LogP contribution in [0.25, 0.3) is 0 Å².